The molecular weight excluding hydrogens is 435 g/mol. The minimum atomic E-state index is -3.93. The van der Waals surface area contributed by atoms with Crippen LogP contribution in [-0.4, -0.2) is 86.7 Å². The first-order valence-corrected chi connectivity index (χ1v) is 12.8. The summed E-state index contributed by atoms with van der Waals surface area (Å²) in [5.74, 6) is -0.886. The number of halogens is 1. The summed E-state index contributed by atoms with van der Waals surface area (Å²) in [4.78, 5) is 28.5. The van der Waals surface area contributed by atoms with Crippen LogP contribution < -0.4 is 5.32 Å². The summed E-state index contributed by atoms with van der Waals surface area (Å²) in [5, 5.41) is 2.98. The van der Waals surface area contributed by atoms with Crippen molar-refractivity contribution in [3.8, 4) is 0 Å². The Labute approximate surface area is 189 Å². The summed E-state index contributed by atoms with van der Waals surface area (Å²) >= 11 is 0. The summed E-state index contributed by atoms with van der Waals surface area (Å²) in [6, 6.07) is 5.33. The first-order chi connectivity index (χ1) is 15.3. The zero-order valence-corrected chi connectivity index (χ0v) is 19.4. The average Bonchev–Trinajstić information content (AvgIpc) is 2.79. The van der Waals surface area contributed by atoms with E-state index in [1.807, 2.05) is 4.90 Å². The van der Waals surface area contributed by atoms with Gasteiger partial charge >= 0.3 is 0 Å². The van der Waals surface area contributed by atoms with Crippen LogP contribution in [0.4, 0.5) is 4.39 Å². The van der Waals surface area contributed by atoms with Gasteiger partial charge in [-0.3, -0.25) is 14.5 Å². The number of amides is 2. The maximum atomic E-state index is 14.0. The number of nitrogens with one attached hydrogen (secondary N) is 1. The fourth-order valence-corrected chi connectivity index (χ4v) is 5.70. The quantitative estimate of drug-likeness (QED) is 0.581. The molecule has 0 aromatic heterocycles. The predicted molar refractivity (Wildman–Crippen MR) is 119 cm³/mol. The lowest BCUT2D eigenvalue weighted by Gasteiger charge is -2.36. The van der Waals surface area contributed by atoms with Gasteiger partial charge in [-0.25, -0.2) is 12.8 Å². The number of benzene rings is 1. The van der Waals surface area contributed by atoms with E-state index in [-0.39, 0.29) is 55.4 Å². The number of piperazine rings is 1. The third-order valence-electron chi connectivity index (χ3n) is 6.11. The second kappa shape index (κ2) is 11.2. The van der Waals surface area contributed by atoms with Gasteiger partial charge in [0.25, 0.3) is 0 Å². The maximum Gasteiger partial charge on any atom is 0.246 e. The lowest BCUT2D eigenvalue weighted by Crippen LogP contribution is -2.53. The number of likely N-dealkylation sites (tertiary alicyclic amines) is 1. The summed E-state index contributed by atoms with van der Waals surface area (Å²) in [7, 11) is -3.93. The Morgan fingerprint density at radius 1 is 1.12 bits per heavy atom. The number of sulfonamides is 1. The number of nitrogens with zero attached hydrogens (tertiary/aromatic N) is 3. The number of hydrogen-bond donors (Lipinski definition) is 1. The largest absolute Gasteiger partial charge is 0.356 e. The van der Waals surface area contributed by atoms with Crippen LogP contribution in [-0.2, 0) is 19.6 Å². The molecule has 0 spiro atoms. The zero-order chi connectivity index (χ0) is 23.1. The van der Waals surface area contributed by atoms with Crippen LogP contribution in [0.3, 0.4) is 0 Å². The fraction of sp³-hybridized carbons (Fsp3) is 0.636. The molecule has 0 bridgehead atoms. The number of carbonyl (C=O) groups is 2. The predicted octanol–water partition coefficient (Wildman–Crippen LogP) is 1.29. The topological polar surface area (TPSA) is 90.0 Å². The zero-order valence-electron chi connectivity index (χ0n) is 18.6. The van der Waals surface area contributed by atoms with Crippen molar-refractivity contribution >= 4 is 21.8 Å². The van der Waals surface area contributed by atoms with E-state index in [4.69, 9.17) is 0 Å². The highest BCUT2D eigenvalue weighted by Crippen LogP contribution is 2.21. The van der Waals surface area contributed by atoms with Gasteiger partial charge in [-0.15, -0.1) is 0 Å². The Balaban J connectivity index is 1.49. The van der Waals surface area contributed by atoms with Gasteiger partial charge in [-0.1, -0.05) is 25.5 Å². The molecule has 2 aliphatic heterocycles. The van der Waals surface area contributed by atoms with Crippen LogP contribution in [0.15, 0.2) is 29.2 Å². The molecule has 1 aromatic rings. The standard InChI is InChI=1S/C22H33FN4O4S/c1-2-3-10-24-22(29)18-7-6-11-25(16-18)17-21(28)26-12-14-27(15-13-26)32(30,31)20-9-5-4-8-19(20)23/h4-5,8-9,18H,2-3,6-7,10-17H2,1H3,(H,24,29). The Bertz CT molecular complexity index is 903. The van der Waals surface area contributed by atoms with Gasteiger partial charge in [0, 0.05) is 39.3 Å². The van der Waals surface area contributed by atoms with Gasteiger partial charge in [0.15, 0.2) is 0 Å². The number of piperidine rings is 1. The van der Waals surface area contributed by atoms with E-state index < -0.39 is 15.8 Å². The molecule has 2 fully saturated rings. The molecule has 2 heterocycles. The molecule has 178 valence electrons. The highest BCUT2D eigenvalue weighted by molar-refractivity contribution is 7.89. The Morgan fingerprint density at radius 2 is 1.84 bits per heavy atom. The van der Waals surface area contributed by atoms with Gasteiger partial charge in [-0.05, 0) is 37.9 Å². The summed E-state index contributed by atoms with van der Waals surface area (Å²) in [6.07, 6.45) is 3.68. The van der Waals surface area contributed by atoms with Crippen LogP contribution in [0, 0.1) is 11.7 Å². The smallest absolute Gasteiger partial charge is 0.246 e. The molecule has 0 saturated carbocycles. The summed E-state index contributed by atoms with van der Waals surface area (Å²) in [5.41, 5.74) is 0. The van der Waals surface area contributed by atoms with Crippen molar-refractivity contribution in [1.29, 1.82) is 0 Å². The third kappa shape index (κ3) is 6.05. The van der Waals surface area contributed by atoms with Gasteiger partial charge < -0.3 is 10.2 Å². The molecule has 3 rings (SSSR count). The molecule has 1 N–H and O–H groups in total. The molecule has 0 radical (unpaired) electrons. The summed E-state index contributed by atoms with van der Waals surface area (Å²) in [6.45, 7) is 5.11. The minimum Gasteiger partial charge on any atom is -0.356 e. The van der Waals surface area contributed by atoms with E-state index in [0.717, 1.165) is 38.3 Å². The number of hydrogen-bond acceptors (Lipinski definition) is 5. The Hall–Kier alpha value is -2.04. The molecule has 2 aliphatic rings. The van der Waals surface area contributed by atoms with E-state index in [1.165, 1.54) is 22.5 Å². The molecule has 2 amide bonds. The minimum absolute atomic E-state index is 0.0579. The van der Waals surface area contributed by atoms with E-state index >= 15 is 0 Å². The van der Waals surface area contributed by atoms with Crippen LogP contribution in [0.25, 0.3) is 0 Å². The van der Waals surface area contributed by atoms with Gasteiger partial charge in [0.2, 0.25) is 21.8 Å². The van der Waals surface area contributed by atoms with Crippen LogP contribution in [0.1, 0.15) is 32.6 Å². The molecule has 2 saturated heterocycles. The molecule has 1 atom stereocenters. The average molecular weight is 469 g/mol. The molecular formula is C22H33FN4O4S. The molecule has 10 heteroatoms. The maximum absolute atomic E-state index is 14.0. The fourth-order valence-electron chi connectivity index (χ4n) is 4.21. The van der Waals surface area contributed by atoms with Gasteiger partial charge in [0.05, 0.1) is 12.5 Å². The normalized spacial score (nSPS) is 20.8. The van der Waals surface area contributed by atoms with Gasteiger partial charge in [0.1, 0.15) is 10.7 Å². The van der Waals surface area contributed by atoms with Crippen LogP contribution in [0.2, 0.25) is 0 Å². The van der Waals surface area contributed by atoms with Crippen molar-refractivity contribution in [3.05, 3.63) is 30.1 Å². The molecule has 32 heavy (non-hydrogen) atoms. The molecule has 1 unspecified atom stereocenters. The molecule has 1 aromatic carbocycles. The Kier molecular flexibility index (Phi) is 8.61. The van der Waals surface area contributed by atoms with Crippen molar-refractivity contribution in [2.24, 2.45) is 5.92 Å². The first kappa shape index (κ1) is 24.6. The van der Waals surface area contributed by atoms with E-state index in [1.54, 1.807) is 4.90 Å². The molecule has 8 nitrogen and oxygen atoms in total. The lowest BCUT2D eigenvalue weighted by molar-refractivity contribution is -0.135. The van der Waals surface area contributed by atoms with Crippen LogP contribution >= 0.6 is 0 Å². The van der Waals surface area contributed by atoms with Gasteiger partial charge in [-0.2, -0.15) is 4.31 Å². The highest BCUT2D eigenvalue weighted by atomic mass is 32.2. The number of carbonyl (C=O) groups excluding carboxylic acids is 2. The van der Waals surface area contributed by atoms with Crippen molar-refractivity contribution in [2.75, 3.05) is 52.4 Å². The second-order valence-corrected chi connectivity index (χ2v) is 10.3. The number of unbranched alkanes of at least 4 members (excludes halogenated alkanes) is 1. The molecule has 0 aliphatic carbocycles. The first-order valence-electron chi connectivity index (χ1n) is 11.4. The van der Waals surface area contributed by atoms with Crippen molar-refractivity contribution in [2.45, 2.75) is 37.5 Å². The highest BCUT2D eigenvalue weighted by Gasteiger charge is 2.33. The van der Waals surface area contributed by atoms with Crippen molar-refractivity contribution < 1.29 is 22.4 Å². The van der Waals surface area contributed by atoms with Crippen molar-refractivity contribution in [3.63, 3.8) is 0 Å². The Morgan fingerprint density at radius 3 is 2.53 bits per heavy atom. The summed E-state index contributed by atoms with van der Waals surface area (Å²) < 4.78 is 40.7. The lowest BCUT2D eigenvalue weighted by atomic mass is 9.97. The number of rotatable bonds is 8. The van der Waals surface area contributed by atoms with E-state index in [0.29, 0.717) is 13.1 Å². The van der Waals surface area contributed by atoms with E-state index in [9.17, 15) is 22.4 Å². The third-order valence-corrected chi connectivity index (χ3v) is 8.04. The van der Waals surface area contributed by atoms with E-state index in [2.05, 4.69) is 12.2 Å². The SMILES string of the molecule is CCCCNC(=O)C1CCCN(CC(=O)N2CCN(S(=O)(=O)c3ccccc3F)CC2)C1. The van der Waals surface area contributed by atoms with Crippen molar-refractivity contribution in [1.82, 2.24) is 19.4 Å². The van der Waals surface area contributed by atoms with Crippen LogP contribution in [0.5, 0.6) is 0 Å². The second-order valence-electron chi connectivity index (χ2n) is 8.43. The monoisotopic (exact) mass is 468 g/mol.